The molecule has 1 heterocycles. The lowest BCUT2D eigenvalue weighted by Gasteiger charge is -2.32. The number of nitrogens with two attached hydrogens (primary N) is 1. The second-order valence-corrected chi connectivity index (χ2v) is 7.29. The molecule has 1 unspecified atom stereocenters. The zero-order valence-electron chi connectivity index (χ0n) is 11.9. The number of hydrogen-bond acceptors (Lipinski definition) is 4. The van der Waals surface area contributed by atoms with Gasteiger partial charge in [-0.2, -0.15) is 0 Å². The molecule has 0 spiro atoms. The Labute approximate surface area is 123 Å². The molecule has 1 aromatic carbocycles. The molecule has 106 valence electrons. The average Bonchev–Trinajstić information content (AvgIpc) is 2.79. The predicted molar refractivity (Wildman–Crippen MR) is 81.9 cm³/mol. The van der Waals surface area contributed by atoms with Crippen LogP contribution in [0.25, 0.3) is 0 Å². The Kier molecular flexibility index (Phi) is 3.52. The van der Waals surface area contributed by atoms with Crippen molar-refractivity contribution in [2.45, 2.75) is 39.3 Å². The Morgan fingerprint density at radius 3 is 2.85 bits per heavy atom. The van der Waals surface area contributed by atoms with E-state index in [1.807, 2.05) is 30.3 Å². The van der Waals surface area contributed by atoms with Crippen molar-refractivity contribution in [2.24, 2.45) is 11.1 Å². The maximum absolute atomic E-state index is 6.27. The van der Waals surface area contributed by atoms with Gasteiger partial charge in [0.25, 0.3) is 0 Å². The van der Waals surface area contributed by atoms with E-state index in [4.69, 9.17) is 15.5 Å². The smallest absolute Gasteiger partial charge is 0.140 e. The first-order valence-electron chi connectivity index (χ1n) is 6.95. The molecule has 0 radical (unpaired) electrons. The number of aromatic nitrogens is 1. The number of para-hydroxylation sites is 1. The normalized spacial score (nSPS) is 20.4. The highest BCUT2D eigenvalue weighted by Crippen LogP contribution is 2.41. The molecule has 0 saturated carbocycles. The Morgan fingerprint density at radius 2 is 2.10 bits per heavy atom. The summed E-state index contributed by atoms with van der Waals surface area (Å²) in [4.78, 5) is 5.97. The summed E-state index contributed by atoms with van der Waals surface area (Å²) in [5.41, 5.74) is 7.69. The van der Waals surface area contributed by atoms with Crippen molar-refractivity contribution in [2.75, 3.05) is 0 Å². The Balaban J connectivity index is 1.74. The quantitative estimate of drug-likeness (QED) is 0.937. The molecular weight excluding hydrogens is 268 g/mol. The zero-order valence-corrected chi connectivity index (χ0v) is 12.7. The minimum Gasteiger partial charge on any atom is -0.486 e. The van der Waals surface area contributed by atoms with Gasteiger partial charge in [0.1, 0.15) is 17.4 Å². The van der Waals surface area contributed by atoms with Crippen LogP contribution in [0.3, 0.4) is 0 Å². The summed E-state index contributed by atoms with van der Waals surface area (Å²) in [6, 6.07) is 9.97. The van der Waals surface area contributed by atoms with Crippen molar-refractivity contribution >= 4 is 11.3 Å². The Morgan fingerprint density at radius 1 is 1.35 bits per heavy atom. The number of fused-ring (bicyclic) bond motifs is 1. The summed E-state index contributed by atoms with van der Waals surface area (Å²) in [7, 11) is 0. The van der Waals surface area contributed by atoms with Crippen LogP contribution in [0.5, 0.6) is 5.75 Å². The topological polar surface area (TPSA) is 48.1 Å². The summed E-state index contributed by atoms with van der Waals surface area (Å²) < 4.78 is 5.76. The first-order chi connectivity index (χ1) is 9.53. The van der Waals surface area contributed by atoms with Crippen molar-refractivity contribution in [1.82, 2.24) is 4.98 Å². The summed E-state index contributed by atoms with van der Waals surface area (Å²) >= 11 is 1.70. The minimum atomic E-state index is 0.122. The molecular formula is C16H20N2OS. The first-order valence-corrected chi connectivity index (χ1v) is 7.77. The van der Waals surface area contributed by atoms with E-state index in [9.17, 15) is 0 Å². The van der Waals surface area contributed by atoms with Crippen molar-refractivity contribution in [3.05, 3.63) is 45.9 Å². The van der Waals surface area contributed by atoms with Crippen molar-refractivity contribution in [3.63, 3.8) is 0 Å². The van der Waals surface area contributed by atoms with E-state index >= 15 is 0 Å². The molecule has 1 aliphatic carbocycles. The van der Waals surface area contributed by atoms with Crippen LogP contribution in [0.15, 0.2) is 30.3 Å². The van der Waals surface area contributed by atoms with Crippen molar-refractivity contribution in [1.29, 1.82) is 0 Å². The molecule has 0 bridgehead atoms. The second-order valence-electron chi connectivity index (χ2n) is 6.17. The third-order valence-corrected chi connectivity index (χ3v) is 4.84. The number of nitrogens with zero attached hydrogens (tertiary/aromatic N) is 1. The molecule has 3 rings (SSSR count). The number of hydrogen-bond donors (Lipinski definition) is 1. The molecule has 2 N–H and O–H groups in total. The lowest BCUT2D eigenvalue weighted by molar-refractivity contribution is 0.280. The van der Waals surface area contributed by atoms with Gasteiger partial charge >= 0.3 is 0 Å². The molecule has 1 atom stereocenters. The monoisotopic (exact) mass is 288 g/mol. The fourth-order valence-electron chi connectivity index (χ4n) is 2.77. The number of rotatable bonds is 3. The molecule has 4 heteroatoms. The predicted octanol–water partition coefficient (Wildman–Crippen LogP) is 3.69. The Bertz CT molecular complexity index is 592. The Hall–Kier alpha value is -1.39. The van der Waals surface area contributed by atoms with Gasteiger partial charge in [-0.25, -0.2) is 4.98 Å². The van der Waals surface area contributed by atoms with E-state index in [-0.39, 0.29) is 11.5 Å². The summed E-state index contributed by atoms with van der Waals surface area (Å²) in [5.74, 6) is 0.880. The number of ether oxygens (including phenoxy) is 1. The lowest BCUT2D eigenvalue weighted by atomic mass is 9.77. The first kappa shape index (κ1) is 13.6. The van der Waals surface area contributed by atoms with Crippen LogP contribution in [0.2, 0.25) is 0 Å². The van der Waals surface area contributed by atoms with Crippen LogP contribution in [0.1, 0.15) is 41.9 Å². The van der Waals surface area contributed by atoms with Crippen molar-refractivity contribution in [3.8, 4) is 5.75 Å². The second kappa shape index (κ2) is 5.19. The van der Waals surface area contributed by atoms with Gasteiger partial charge in [0.05, 0.1) is 5.69 Å². The fourth-order valence-corrected chi connectivity index (χ4v) is 3.77. The summed E-state index contributed by atoms with van der Waals surface area (Å²) in [6.45, 7) is 5.04. The highest BCUT2D eigenvalue weighted by Gasteiger charge is 2.33. The molecule has 2 aromatic rings. The van der Waals surface area contributed by atoms with Crippen LogP contribution >= 0.6 is 11.3 Å². The van der Waals surface area contributed by atoms with E-state index in [1.165, 1.54) is 10.6 Å². The molecule has 0 aliphatic heterocycles. The SMILES string of the molecule is CC1(C)Cc2nc(COc3ccccc3)sc2C(N)C1. The van der Waals surface area contributed by atoms with Crippen LogP contribution in [-0.2, 0) is 13.0 Å². The van der Waals surface area contributed by atoms with Gasteiger partial charge in [0, 0.05) is 10.9 Å². The highest BCUT2D eigenvalue weighted by atomic mass is 32.1. The van der Waals surface area contributed by atoms with Gasteiger partial charge in [0.15, 0.2) is 0 Å². The fraction of sp³-hybridized carbons (Fsp3) is 0.438. The maximum Gasteiger partial charge on any atom is 0.140 e. The standard InChI is InChI=1S/C16H20N2OS/c1-16(2)8-12(17)15-13(9-16)18-14(20-15)10-19-11-6-4-3-5-7-11/h3-7,12H,8-10,17H2,1-2H3. The number of benzene rings is 1. The van der Waals surface area contributed by atoms with Crippen LogP contribution < -0.4 is 10.5 Å². The summed E-state index contributed by atoms with van der Waals surface area (Å²) in [5, 5.41) is 1.02. The van der Waals surface area contributed by atoms with Gasteiger partial charge in [-0.15, -0.1) is 11.3 Å². The molecule has 1 aliphatic rings. The third-order valence-electron chi connectivity index (χ3n) is 3.63. The molecule has 1 aromatic heterocycles. The van der Waals surface area contributed by atoms with E-state index < -0.39 is 0 Å². The van der Waals surface area contributed by atoms with Crippen LogP contribution in [-0.4, -0.2) is 4.98 Å². The van der Waals surface area contributed by atoms with Gasteiger partial charge in [-0.3, -0.25) is 0 Å². The largest absolute Gasteiger partial charge is 0.486 e. The molecule has 0 saturated heterocycles. The zero-order chi connectivity index (χ0) is 14.2. The summed E-state index contributed by atoms with van der Waals surface area (Å²) in [6.07, 6.45) is 2.04. The van der Waals surface area contributed by atoms with Gasteiger partial charge in [-0.1, -0.05) is 32.0 Å². The maximum atomic E-state index is 6.27. The van der Waals surface area contributed by atoms with Crippen LogP contribution in [0, 0.1) is 5.41 Å². The molecule has 3 nitrogen and oxygen atoms in total. The van der Waals surface area contributed by atoms with E-state index in [0.29, 0.717) is 6.61 Å². The van der Waals surface area contributed by atoms with E-state index in [1.54, 1.807) is 11.3 Å². The lowest BCUT2D eigenvalue weighted by Crippen LogP contribution is -2.28. The van der Waals surface area contributed by atoms with Crippen LogP contribution in [0.4, 0.5) is 0 Å². The van der Waals surface area contributed by atoms with E-state index in [2.05, 4.69) is 13.8 Å². The highest BCUT2D eigenvalue weighted by molar-refractivity contribution is 7.11. The van der Waals surface area contributed by atoms with Gasteiger partial charge in [0.2, 0.25) is 0 Å². The third kappa shape index (κ3) is 2.86. The van der Waals surface area contributed by atoms with Gasteiger partial charge in [-0.05, 0) is 30.4 Å². The van der Waals surface area contributed by atoms with E-state index in [0.717, 1.165) is 23.6 Å². The van der Waals surface area contributed by atoms with Gasteiger partial charge < -0.3 is 10.5 Å². The number of thiazole rings is 1. The molecule has 0 fully saturated rings. The van der Waals surface area contributed by atoms with Crippen molar-refractivity contribution < 1.29 is 4.74 Å². The minimum absolute atomic E-state index is 0.122. The average molecular weight is 288 g/mol. The molecule has 0 amide bonds. The molecule has 20 heavy (non-hydrogen) atoms.